The van der Waals surface area contributed by atoms with E-state index in [1.165, 1.54) is 24.8 Å². The van der Waals surface area contributed by atoms with E-state index in [9.17, 15) is 9.59 Å². The highest BCUT2D eigenvalue weighted by molar-refractivity contribution is 8.14. The monoisotopic (exact) mass is 268 g/mol. The molecule has 2 heterocycles. The topological polar surface area (TPSA) is 91.9 Å². The molecule has 0 saturated heterocycles. The van der Waals surface area contributed by atoms with E-state index in [1.54, 1.807) is 6.07 Å². The van der Waals surface area contributed by atoms with E-state index in [-0.39, 0.29) is 23.0 Å². The Morgan fingerprint density at radius 3 is 2.78 bits per heavy atom. The number of amides is 1. The van der Waals surface area contributed by atoms with Crippen LogP contribution in [0.5, 0.6) is 0 Å². The predicted molar refractivity (Wildman–Crippen MR) is 66.7 cm³/mol. The number of nitrogens with one attached hydrogen (secondary N) is 1. The minimum absolute atomic E-state index is 0.0790. The standard InChI is InChI=1S/C11H12N2O4S/c1-5-9(18-11(12-5)13-6(2)14)7-3-4-8(17-7)10(15)16/h3-5,9H,1-2H3,(H,15,16)(H,12,13,14). The highest BCUT2D eigenvalue weighted by atomic mass is 32.2. The Bertz CT molecular complexity index is 523. The molecule has 0 radical (unpaired) electrons. The maximum Gasteiger partial charge on any atom is 0.371 e. The lowest BCUT2D eigenvalue weighted by atomic mass is 10.2. The molecule has 96 valence electrons. The van der Waals surface area contributed by atoms with Gasteiger partial charge in [0.1, 0.15) is 5.76 Å². The van der Waals surface area contributed by atoms with Crippen molar-refractivity contribution in [3.05, 3.63) is 23.7 Å². The number of rotatable bonds is 2. The first-order valence-corrected chi connectivity index (χ1v) is 6.20. The van der Waals surface area contributed by atoms with Crippen LogP contribution in [0.25, 0.3) is 0 Å². The van der Waals surface area contributed by atoms with Crippen LogP contribution >= 0.6 is 11.8 Å². The van der Waals surface area contributed by atoms with Crippen molar-refractivity contribution in [1.29, 1.82) is 0 Å². The van der Waals surface area contributed by atoms with Gasteiger partial charge < -0.3 is 14.8 Å². The second-order valence-corrected chi connectivity index (χ2v) is 5.03. The molecule has 1 aliphatic heterocycles. The maximum absolute atomic E-state index is 10.9. The van der Waals surface area contributed by atoms with Gasteiger partial charge >= 0.3 is 5.97 Å². The average molecular weight is 268 g/mol. The highest BCUT2D eigenvalue weighted by Crippen LogP contribution is 2.40. The van der Waals surface area contributed by atoms with Gasteiger partial charge in [-0.2, -0.15) is 0 Å². The minimum atomic E-state index is -1.10. The van der Waals surface area contributed by atoms with Gasteiger partial charge in [-0.25, -0.2) is 4.79 Å². The fraction of sp³-hybridized carbons (Fsp3) is 0.364. The summed E-state index contributed by atoms with van der Waals surface area (Å²) in [7, 11) is 0. The third-order valence-corrected chi connectivity index (χ3v) is 3.71. The molecule has 0 saturated carbocycles. The Kier molecular flexibility index (Phi) is 3.42. The molecule has 7 heteroatoms. The molecule has 2 atom stereocenters. The average Bonchev–Trinajstić information content (AvgIpc) is 2.83. The Morgan fingerprint density at radius 1 is 1.50 bits per heavy atom. The van der Waals surface area contributed by atoms with Crippen LogP contribution in [0, 0.1) is 0 Å². The summed E-state index contributed by atoms with van der Waals surface area (Å²) in [6, 6.07) is 2.97. The molecule has 18 heavy (non-hydrogen) atoms. The van der Waals surface area contributed by atoms with E-state index in [2.05, 4.69) is 10.3 Å². The lowest BCUT2D eigenvalue weighted by Gasteiger charge is -2.09. The van der Waals surface area contributed by atoms with Crippen LogP contribution in [0.4, 0.5) is 0 Å². The third-order valence-electron chi connectivity index (χ3n) is 2.40. The Hall–Kier alpha value is -1.76. The van der Waals surface area contributed by atoms with Crippen molar-refractivity contribution in [1.82, 2.24) is 5.32 Å². The molecular formula is C11H12N2O4S. The maximum atomic E-state index is 10.9. The van der Waals surface area contributed by atoms with Gasteiger partial charge in [-0.05, 0) is 19.1 Å². The largest absolute Gasteiger partial charge is 0.475 e. The number of aromatic carboxylic acids is 1. The number of hydrogen-bond acceptors (Lipinski definition) is 5. The van der Waals surface area contributed by atoms with E-state index in [0.29, 0.717) is 10.9 Å². The Morgan fingerprint density at radius 2 is 2.22 bits per heavy atom. The zero-order valence-corrected chi connectivity index (χ0v) is 10.7. The lowest BCUT2D eigenvalue weighted by molar-refractivity contribution is -0.117. The minimum Gasteiger partial charge on any atom is -0.475 e. The van der Waals surface area contributed by atoms with Crippen molar-refractivity contribution >= 4 is 28.8 Å². The number of furan rings is 1. The van der Waals surface area contributed by atoms with Crippen molar-refractivity contribution in [3.63, 3.8) is 0 Å². The van der Waals surface area contributed by atoms with E-state index in [0.717, 1.165) is 0 Å². The van der Waals surface area contributed by atoms with Crippen LogP contribution in [-0.4, -0.2) is 28.2 Å². The number of thioether (sulfide) groups is 1. The van der Waals surface area contributed by atoms with Gasteiger partial charge in [0.25, 0.3) is 0 Å². The van der Waals surface area contributed by atoms with Crippen LogP contribution in [0.1, 0.15) is 35.4 Å². The number of carboxylic acid groups (broad SMARTS) is 1. The molecule has 2 unspecified atom stereocenters. The van der Waals surface area contributed by atoms with Crippen molar-refractivity contribution < 1.29 is 19.1 Å². The van der Waals surface area contributed by atoms with Crippen LogP contribution < -0.4 is 5.32 Å². The van der Waals surface area contributed by atoms with E-state index >= 15 is 0 Å². The molecule has 1 aromatic heterocycles. The van der Waals surface area contributed by atoms with Crippen molar-refractivity contribution in [3.8, 4) is 0 Å². The van der Waals surface area contributed by atoms with Gasteiger partial charge in [0, 0.05) is 6.92 Å². The predicted octanol–water partition coefficient (Wildman–Crippen LogP) is 1.65. The SMILES string of the molecule is CC(=O)NC1=NC(C)C(c2ccc(C(=O)O)o2)S1. The number of carboxylic acids is 1. The first-order chi connectivity index (χ1) is 8.47. The zero-order valence-electron chi connectivity index (χ0n) is 9.84. The summed E-state index contributed by atoms with van der Waals surface area (Å²) in [5.74, 6) is -0.820. The van der Waals surface area contributed by atoms with Gasteiger partial charge in [0.05, 0.1) is 11.3 Å². The van der Waals surface area contributed by atoms with Crippen LogP contribution in [0.3, 0.4) is 0 Å². The molecule has 0 aromatic carbocycles. The fourth-order valence-electron chi connectivity index (χ4n) is 1.63. The number of nitrogens with zero attached hydrogens (tertiary/aromatic N) is 1. The quantitative estimate of drug-likeness (QED) is 0.850. The van der Waals surface area contributed by atoms with E-state index in [1.807, 2.05) is 6.92 Å². The number of hydrogen-bond donors (Lipinski definition) is 2. The summed E-state index contributed by atoms with van der Waals surface area (Å²) in [4.78, 5) is 26.0. The number of aliphatic imine (C=N–C) groups is 1. The number of amidine groups is 1. The summed E-state index contributed by atoms with van der Waals surface area (Å²) < 4.78 is 5.25. The Balaban J connectivity index is 2.11. The molecule has 1 aromatic rings. The molecular weight excluding hydrogens is 256 g/mol. The third kappa shape index (κ3) is 2.56. The summed E-state index contributed by atoms with van der Waals surface area (Å²) >= 11 is 1.36. The summed E-state index contributed by atoms with van der Waals surface area (Å²) in [6.45, 7) is 3.30. The van der Waals surface area contributed by atoms with Crippen molar-refractivity contribution in [2.45, 2.75) is 25.1 Å². The van der Waals surface area contributed by atoms with Gasteiger partial charge in [0.2, 0.25) is 11.7 Å². The molecule has 1 aliphatic rings. The van der Waals surface area contributed by atoms with Gasteiger partial charge in [-0.3, -0.25) is 9.79 Å². The fourth-order valence-corrected chi connectivity index (χ4v) is 2.80. The first kappa shape index (κ1) is 12.7. The number of carbonyl (C=O) groups excluding carboxylic acids is 1. The molecule has 0 spiro atoms. The molecule has 2 N–H and O–H groups in total. The van der Waals surface area contributed by atoms with Gasteiger partial charge in [-0.15, -0.1) is 0 Å². The van der Waals surface area contributed by atoms with E-state index < -0.39 is 5.97 Å². The van der Waals surface area contributed by atoms with Gasteiger partial charge in [-0.1, -0.05) is 11.8 Å². The van der Waals surface area contributed by atoms with Crippen LogP contribution in [-0.2, 0) is 4.79 Å². The normalized spacial score (nSPS) is 22.7. The van der Waals surface area contributed by atoms with Crippen LogP contribution in [0.2, 0.25) is 0 Å². The van der Waals surface area contributed by atoms with Crippen molar-refractivity contribution in [2.75, 3.05) is 0 Å². The molecule has 2 rings (SSSR count). The second-order valence-electron chi connectivity index (χ2n) is 3.90. The lowest BCUT2D eigenvalue weighted by Crippen LogP contribution is -2.24. The first-order valence-electron chi connectivity index (χ1n) is 5.32. The Labute approximate surface area is 107 Å². The smallest absolute Gasteiger partial charge is 0.371 e. The molecule has 1 amide bonds. The van der Waals surface area contributed by atoms with Crippen molar-refractivity contribution in [2.24, 2.45) is 4.99 Å². The summed E-state index contributed by atoms with van der Waals surface area (Å²) in [6.07, 6.45) is 0. The van der Waals surface area contributed by atoms with Gasteiger partial charge in [0.15, 0.2) is 5.17 Å². The second kappa shape index (κ2) is 4.85. The van der Waals surface area contributed by atoms with Crippen LogP contribution in [0.15, 0.2) is 21.5 Å². The number of carbonyl (C=O) groups is 2. The molecule has 0 bridgehead atoms. The molecule has 0 fully saturated rings. The summed E-state index contributed by atoms with van der Waals surface area (Å²) in [5, 5.41) is 11.8. The zero-order chi connectivity index (χ0) is 13.3. The van der Waals surface area contributed by atoms with E-state index in [4.69, 9.17) is 9.52 Å². The highest BCUT2D eigenvalue weighted by Gasteiger charge is 2.31. The summed E-state index contributed by atoms with van der Waals surface area (Å²) in [5.41, 5.74) is 0. The molecule has 6 nitrogen and oxygen atoms in total. The molecule has 0 aliphatic carbocycles.